The van der Waals surface area contributed by atoms with Gasteiger partial charge in [-0.2, -0.15) is 0 Å². The van der Waals surface area contributed by atoms with Crippen molar-refractivity contribution in [1.82, 2.24) is 4.98 Å². The molecule has 3 rings (SSSR count). The summed E-state index contributed by atoms with van der Waals surface area (Å²) in [5.41, 5.74) is 1.59. The number of nitrogens with zero attached hydrogens (tertiary/aromatic N) is 1. The minimum absolute atomic E-state index is 0.265. The number of aryl methyl sites for hydroxylation is 1. The van der Waals surface area contributed by atoms with Crippen molar-refractivity contribution in [2.45, 2.75) is 45.3 Å². The number of hydrogen-bond donors (Lipinski definition) is 0. The van der Waals surface area contributed by atoms with Gasteiger partial charge in [-0.3, -0.25) is 0 Å². The number of ether oxygens (including phenoxy) is 1. The minimum Gasteiger partial charge on any atom is -0.441 e. The van der Waals surface area contributed by atoms with Gasteiger partial charge in [0.15, 0.2) is 0 Å². The molecule has 1 heterocycles. The Labute approximate surface area is 124 Å². The van der Waals surface area contributed by atoms with E-state index in [4.69, 9.17) is 9.15 Å². The molecule has 0 amide bonds. The van der Waals surface area contributed by atoms with Crippen LogP contribution < -0.4 is 0 Å². The molecule has 1 aromatic carbocycles. The van der Waals surface area contributed by atoms with E-state index in [1.165, 1.54) is 25.0 Å². The molecule has 1 aliphatic rings. The maximum atomic E-state index is 12.9. The molecule has 0 saturated heterocycles. The van der Waals surface area contributed by atoms with Gasteiger partial charge in [-0.1, -0.05) is 6.42 Å². The van der Waals surface area contributed by atoms with Crippen molar-refractivity contribution < 1.29 is 13.5 Å². The third kappa shape index (κ3) is 3.50. The molecule has 111 valence electrons. The first kappa shape index (κ1) is 14.3. The van der Waals surface area contributed by atoms with E-state index in [-0.39, 0.29) is 5.82 Å². The van der Waals surface area contributed by atoms with E-state index in [1.807, 2.05) is 6.92 Å². The van der Waals surface area contributed by atoms with Gasteiger partial charge in [0.05, 0.1) is 12.7 Å². The zero-order chi connectivity index (χ0) is 14.7. The molecule has 1 saturated carbocycles. The maximum Gasteiger partial charge on any atom is 0.226 e. The number of oxazole rings is 1. The molecule has 1 fully saturated rings. The Morgan fingerprint density at radius 3 is 2.86 bits per heavy atom. The van der Waals surface area contributed by atoms with Crippen LogP contribution in [0.5, 0.6) is 0 Å². The van der Waals surface area contributed by atoms with Crippen molar-refractivity contribution in [2.24, 2.45) is 0 Å². The highest BCUT2D eigenvalue weighted by Crippen LogP contribution is 2.24. The molecule has 0 N–H and O–H groups in total. The predicted octanol–water partition coefficient (Wildman–Crippen LogP) is 4.45. The van der Waals surface area contributed by atoms with Crippen LogP contribution in [-0.2, 0) is 11.3 Å². The smallest absolute Gasteiger partial charge is 0.226 e. The van der Waals surface area contributed by atoms with Crippen LogP contribution in [0.2, 0.25) is 0 Å². The van der Waals surface area contributed by atoms with Gasteiger partial charge < -0.3 is 9.15 Å². The van der Waals surface area contributed by atoms with Gasteiger partial charge in [0.2, 0.25) is 5.89 Å². The minimum atomic E-state index is -0.265. The standard InChI is InChI=1S/C17H19FNO2/c1-12-16(11-20-15-5-3-2-4-6-15)19-17(21-12)13-7-9-14(18)10-8-13/h3,7-10,15H,2,4-6,11H2,1H3. The molecule has 21 heavy (non-hydrogen) atoms. The van der Waals surface area contributed by atoms with Crippen LogP contribution in [0.4, 0.5) is 4.39 Å². The van der Waals surface area contributed by atoms with Crippen molar-refractivity contribution in [3.05, 3.63) is 48.0 Å². The highest BCUT2D eigenvalue weighted by Gasteiger charge is 2.17. The van der Waals surface area contributed by atoms with Crippen LogP contribution in [0.15, 0.2) is 28.7 Å². The fraction of sp³-hybridized carbons (Fsp3) is 0.412. The van der Waals surface area contributed by atoms with Crippen LogP contribution in [0, 0.1) is 19.2 Å². The topological polar surface area (TPSA) is 35.3 Å². The third-order valence-corrected chi connectivity index (χ3v) is 3.80. The Balaban J connectivity index is 1.67. The lowest BCUT2D eigenvalue weighted by Gasteiger charge is -2.21. The number of aromatic nitrogens is 1. The predicted molar refractivity (Wildman–Crippen MR) is 78.0 cm³/mol. The first-order chi connectivity index (χ1) is 10.2. The van der Waals surface area contributed by atoms with E-state index in [0.717, 1.165) is 29.9 Å². The fourth-order valence-electron chi connectivity index (χ4n) is 2.54. The molecule has 1 atom stereocenters. The molecule has 2 aromatic rings. The Hall–Kier alpha value is -1.68. The molecule has 1 radical (unpaired) electrons. The van der Waals surface area contributed by atoms with Crippen molar-refractivity contribution in [2.75, 3.05) is 0 Å². The lowest BCUT2D eigenvalue weighted by Crippen LogP contribution is -2.17. The third-order valence-electron chi connectivity index (χ3n) is 3.80. The molecule has 3 nitrogen and oxygen atoms in total. The molecule has 0 bridgehead atoms. The number of benzene rings is 1. The average molecular weight is 288 g/mol. The summed E-state index contributed by atoms with van der Waals surface area (Å²) in [6.07, 6.45) is 7.10. The van der Waals surface area contributed by atoms with E-state index in [0.29, 0.717) is 18.6 Å². The lowest BCUT2D eigenvalue weighted by atomic mass is 9.98. The zero-order valence-corrected chi connectivity index (χ0v) is 12.1. The Morgan fingerprint density at radius 2 is 2.14 bits per heavy atom. The second-order valence-electron chi connectivity index (χ2n) is 5.42. The molecule has 1 unspecified atom stereocenters. The zero-order valence-electron chi connectivity index (χ0n) is 12.1. The second kappa shape index (κ2) is 6.39. The first-order valence-corrected chi connectivity index (χ1v) is 7.38. The van der Waals surface area contributed by atoms with E-state index in [1.54, 1.807) is 12.1 Å². The monoisotopic (exact) mass is 288 g/mol. The van der Waals surface area contributed by atoms with E-state index in [9.17, 15) is 4.39 Å². The number of halogens is 1. The van der Waals surface area contributed by atoms with E-state index >= 15 is 0 Å². The Morgan fingerprint density at radius 1 is 1.33 bits per heavy atom. The summed E-state index contributed by atoms with van der Waals surface area (Å²) in [6.45, 7) is 2.35. The molecule has 1 aliphatic carbocycles. The largest absolute Gasteiger partial charge is 0.441 e. The van der Waals surface area contributed by atoms with Gasteiger partial charge in [-0.25, -0.2) is 9.37 Å². The number of hydrogen-bond acceptors (Lipinski definition) is 3. The summed E-state index contributed by atoms with van der Waals surface area (Å²) in [5.74, 6) is 1.01. The summed E-state index contributed by atoms with van der Waals surface area (Å²) in [5, 5.41) is 0. The highest BCUT2D eigenvalue weighted by molar-refractivity contribution is 5.53. The van der Waals surface area contributed by atoms with E-state index in [2.05, 4.69) is 11.4 Å². The van der Waals surface area contributed by atoms with Gasteiger partial charge in [0, 0.05) is 5.56 Å². The van der Waals surface area contributed by atoms with Crippen LogP contribution >= 0.6 is 0 Å². The van der Waals surface area contributed by atoms with Crippen molar-refractivity contribution in [1.29, 1.82) is 0 Å². The van der Waals surface area contributed by atoms with Gasteiger partial charge in [0.25, 0.3) is 0 Å². The Bertz CT molecular complexity index is 585. The van der Waals surface area contributed by atoms with Gasteiger partial charge in [-0.15, -0.1) is 0 Å². The fourth-order valence-corrected chi connectivity index (χ4v) is 2.54. The number of rotatable bonds is 4. The van der Waals surface area contributed by atoms with Gasteiger partial charge >= 0.3 is 0 Å². The summed E-state index contributed by atoms with van der Waals surface area (Å²) in [7, 11) is 0. The second-order valence-corrected chi connectivity index (χ2v) is 5.42. The molecular formula is C17H19FNO2. The lowest BCUT2D eigenvalue weighted by molar-refractivity contribution is 0.0244. The van der Waals surface area contributed by atoms with Crippen LogP contribution in [-0.4, -0.2) is 11.1 Å². The first-order valence-electron chi connectivity index (χ1n) is 7.38. The van der Waals surface area contributed by atoms with Crippen molar-refractivity contribution in [3.8, 4) is 11.5 Å². The van der Waals surface area contributed by atoms with Crippen LogP contribution in [0.1, 0.15) is 37.1 Å². The maximum absolute atomic E-state index is 12.9. The summed E-state index contributed by atoms with van der Waals surface area (Å²) >= 11 is 0. The quantitative estimate of drug-likeness (QED) is 0.833. The molecule has 4 heteroatoms. The van der Waals surface area contributed by atoms with Crippen molar-refractivity contribution >= 4 is 0 Å². The van der Waals surface area contributed by atoms with Crippen LogP contribution in [0.3, 0.4) is 0 Å². The molecule has 0 spiro atoms. The highest BCUT2D eigenvalue weighted by atomic mass is 19.1. The molecule has 1 aromatic heterocycles. The average Bonchev–Trinajstić information content (AvgIpc) is 2.88. The van der Waals surface area contributed by atoms with Crippen molar-refractivity contribution in [3.63, 3.8) is 0 Å². The SMILES string of the molecule is Cc1oc(-c2ccc(F)cc2)nc1COC1C[CH]CCC1. The van der Waals surface area contributed by atoms with Crippen LogP contribution in [0.25, 0.3) is 11.5 Å². The molecular weight excluding hydrogens is 269 g/mol. The van der Waals surface area contributed by atoms with E-state index < -0.39 is 0 Å². The van der Waals surface area contributed by atoms with Gasteiger partial charge in [0.1, 0.15) is 17.3 Å². The summed E-state index contributed by atoms with van der Waals surface area (Å²) in [4.78, 5) is 4.47. The van der Waals surface area contributed by atoms with Gasteiger partial charge in [-0.05, 0) is 56.9 Å². The molecule has 0 aliphatic heterocycles. The Kier molecular flexibility index (Phi) is 4.34. The summed E-state index contributed by atoms with van der Waals surface area (Å²) in [6, 6.07) is 6.15. The normalized spacial score (nSPS) is 16.3. The summed E-state index contributed by atoms with van der Waals surface area (Å²) < 4.78 is 24.5.